The second-order valence-electron chi connectivity index (χ2n) is 3.37. The summed E-state index contributed by atoms with van der Waals surface area (Å²) in [6.45, 7) is 0.566. The van der Waals surface area contributed by atoms with E-state index in [0.717, 1.165) is 5.02 Å². The van der Waals surface area contributed by atoms with Crippen molar-refractivity contribution in [1.82, 2.24) is 0 Å². The molecule has 2 N–H and O–H groups in total. The van der Waals surface area contributed by atoms with E-state index in [-0.39, 0.29) is 12.4 Å². The highest BCUT2D eigenvalue weighted by Crippen LogP contribution is 2.30. The van der Waals surface area contributed by atoms with Crippen LogP contribution in [-0.2, 0) is 6.54 Å². The zero-order valence-corrected chi connectivity index (χ0v) is 11.5. The molecule has 0 heterocycles. The molecule has 0 saturated carbocycles. The third-order valence-corrected chi connectivity index (χ3v) is 3.61. The maximum absolute atomic E-state index is 5.84. The van der Waals surface area contributed by atoms with Crippen molar-refractivity contribution < 1.29 is 0 Å². The predicted molar refractivity (Wildman–Crippen MR) is 77.2 cm³/mol. The third-order valence-electron chi connectivity index (χ3n) is 2.23. The molecule has 2 rings (SSSR count). The standard InChI is InChI=1S/C13H12ClNS.ClH/c14-11-5-7-12(8-6-11)16-13-4-2-1-3-10(13)9-15;/h1-8H,9,15H2;1H. The summed E-state index contributed by atoms with van der Waals surface area (Å²) < 4.78 is 0. The van der Waals surface area contributed by atoms with E-state index in [1.807, 2.05) is 36.4 Å². The van der Waals surface area contributed by atoms with Gasteiger partial charge in [0, 0.05) is 21.4 Å². The van der Waals surface area contributed by atoms with Gasteiger partial charge in [0.1, 0.15) is 0 Å². The van der Waals surface area contributed by atoms with Crippen molar-refractivity contribution in [2.24, 2.45) is 5.73 Å². The van der Waals surface area contributed by atoms with E-state index < -0.39 is 0 Å². The van der Waals surface area contributed by atoms with Gasteiger partial charge in [0.05, 0.1) is 0 Å². The van der Waals surface area contributed by atoms with E-state index in [0.29, 0.717) is 6.54 Å². The smallest absolute Gasteiger partial charge is 0.0406 e. The molecule has 1 nitrogen and oxygen atoms in total. The lowest BCUT2D eigenvalue weighted by Gasteiger charge is -2.06. The Hall–Kier alpha value is -0.670. The molecule has 0 aliphatic heterocycles. The molecular weight excluding hydrogens is 273 g/mol. The van der Waals surface area contributed by atoms with Gasteiger partial charge in [-0.3, -0.25) is 0 Å². The minimum absolute atomic E-state index is 0. The Morgan fingerprint density at radius 2 is 1.65 bits per heavy atom. The van der Waals surface area contributed by atoms with Gasteiger partial charge in [0.15, 0.2) is 0 Å². The van der Waals surface area contributed by atoms with Crippen LogP contribution in [0.2, 0.25) is 5.02 Å². The fourth-order valence-corrected chi connectivity index (χ4v) is 2.48. The molecule has 90 valence electrons. The van der Waals surface area contributed by atoms with Crippen LogP contribution in [0.4, 0.5) is 0 Å². The van der Waals surface area contributed by atoms with Crippen molar-refractivity contribution in [2.45, 2.75) is 16.3 Å². The molecular formula is C13H13Cl2NS. The quantitative estimate of drug-likeness (QED) is 0.906. The molecule has 0 atom stereocenters. The second-order valence-corrected chi connectivity index (χ2v) is 4.92. The molecule has 17 heavy (non-hydrogen) atoms. The molecule has 0 saturated heterocycles. The second kappa shape index (κ2) is 6.92. The van der Waals surface area contributed by atoms with Gasteiger partial charge in [-0.15, -0.1) is 12.4 Å². The lowest BCUT2D eigenvalue weighted by molar-refractivity contribution is 1.03. The van der Waals surface area contributed by atoms with Gasteiger partial charge in [-0.2, -0.15) is 0 Å². The molecule has 0 bridgehead atoms. The fraction of sp³-hybridized carbons (Fsp3) is 0.0769. The summed E-state index contributed by atoms with van der Waals surface area (Å²) in [6, 6.07) is 16.0. The monoisotopic (exact) mass is 285 g/mol. The first-order valence-electron chi connectivity index (χ1n) is 5.01. The van der Waals surface area contributed by atoms with Crippen molar-refractivity contribution in [2.75, 3.05) is 0 Å². The van der Waals surface area contributed by atoms with Crippen molar-refractivity contribution in [3.8, 4) is 0 Å². The number of benzene rings is 2. The summed E-state index contributed by atoms with van der Waals surface area (Å²) in [5.41, 5.74) is 6.86. The molecule has 0 aliphatic rings. The molecule has 0 unspecified atom stereocenters. The lowest BCUT2D eigenvalue weighted by Crippen LogP contribution is -1.97. The van der Waals surface area contributed by atoms with Crippen LogP contribution in [0.5, 0.6) is 0 Å². The van der Waals surface area contributed by atoms with Gasteiger partial charge >= 0.3 is 0 Å². The van der Waals surface area contributed by atoms with E-state index in [4.69, 9.17) is 17.3 Å². The predicted octanol–water partition coefficient (Wildman–Crippen LogP) is 4.37. The average molecular weight is 286 g/mol. The van der Waals surface area contributed by atoms with Gasteiger partial charge < -0.3 is 5.73 Å². The molecule has 0 spiro atoms. The van der Waals surface area contributed by atoms with E-state index in [1.165, 1.54) is 15.4 Å². The van der Waals surface area contributed by atoms with Crippen LogP contribution in [0.15, 0.2) is 58.3 Å². The number of hydrogen-bond donors (Lipinski definition) is 1. The molecule has 0 aromatic heterocycles. The highest BCUT2D eigenvalue weighted by atomic mass is 35.5. The Bertz CT molecular complexity index is 471. The normalized spacial score (nSPS) is 9.76. The number of rotatable bonds is 3. The Morgan fingerprint density at radius 3 is 2.29 bits per heavy atom. The zero-order chi connectivity index (χ0) is 11.4. The first-order chi connectivity index (χ1) is 7.79. The maximum atomic E-state index is 5.84. The Kier molecular flexibility index (Phi) is 5.86. The van der Waals surface area contributed by atoms with Crippen molar-refractivity contribution in [1.29, 1.82) is 0 Å². The van der Waals surface area contributed by atoms with Crippen molar-refractivity contribution in [3.63, 3.8) is 0 Å². The highest BCUT2D eigenvalue weighted by Gasteiger charge is 2.02. The third kappa shape index (κ3) is 3.93. The SMILES string of the molecule is Cl.NCc1ccccc1Sc1ccc(Cl)cc1. The summed E-state index contributed by atoms with van der Waals surface area (Å²) >= 11 is 7.55. The van der Waals surface area contributed by atoms with Gasteiger partial charge in [-0.05, 0) is 35.9 Å². The Balaban J connectivity index is 0.00000144. The fourth-order valence-electron chi connectivity index (χ4n) is 1.40. The van der Waals surface area contributed by atoms with E-state index in [9.17, 15) is 0 Å². The van der Waals surface area contributed by atoms with Crippen LogP contribution in [0.1, 0.15) is 5.56 Å². The van der Waals surface area contributed by atoms with Crippen LogP contribution in [0.25, 0.3) is 0 Å². The summed E-state index contributed by atoms with van der Waals surface area (Å²) in [5.74, 6) is 0. The lowest BCUT2D eigenvalue weighted by atomic mass is 10.2. The summed E-state index contributed by atoms with van der Waals surface area (Å²) in [5, 5.41) is 0.761. The molecule has 4 heteroatoms. The van der Waals surface area contributed by atoms with Gasteiger partial charge in [0.2, 0.25) is 0 Å². The van der Waals surface area contributed by atoms with Crippen LogP contribution in [0, 0.1) is 0 Å². The summed E-state index contributed by atoms with van der Waals surface area (Å²) in [7, 11) is 0. The Labute approximate surface area is 117 Å². The van der Waals surface area contributed by atoms with Gasteiger partial charge in [-0.25, -0.2) is 0 Å². The summed E-state index contributed by atoms with van der Waals surface area (Å²) in [4.78, 5) is 2.37. The largest absolute Gasteiger partial charge is 0.326 e. The maximum Gasteiger partial charge on any atom is 0.0406 e. The number of hydrogen-bond acceptors (Lipinski definition) is 2. The molecule has 0 aliphatic carbocycles. The van der Waals surface area contributed by atoms with Gasteiger partial charge in [0.25, 0.3) is 0 Å². The first kappa shape index (κ1) is 14.4. The van der Waals surface area contributed by atoms with Crippen LogP contribution in [-0.4, -0.2) is 0 Å². The molecule has 2 aromatic carbocycles. The topological polar surface area (TPSA) is 26.0 Å². The van der Waals surface area contributed by atoms with Crippen molar-refractivity contribution >= 4 is 35.8 Å². The van der Waals surface area contributed by atoms with E-state index >= 15 is 0 Å². The molecule has 0 fully saturated rings. The molecule has 2 aromatic rings. The zero-order valence-electron chi connectivity index (χ0n) is 9.10. The summed E-state index contributed by atoms with van der Waals surface area (Å²) in [6.07, 6.45) is 0. The Morgan fingerprint density at radius 1 is 1.00 bits per heavy atom. The molecule has 0 radical (unpaired) electrons. The minimum Gasteiger partial charge on any atom is -0.326 e. The van der Waals surface area contributed by atoms with E-state index in [2.05, 4.69) is 12.1 Å². The molecule has 0 amide bonds. The van der Waals surface area contributed by atoms with Crippen LogP contribution in [0.3, 0.4) is 0 Å². The van der Waals surface area contributed by atoms with Crippen LogP contribution < -0.4 is 5.73 Å². The number of nitrogens with two attached hydrogens (primary N) is 1. The van der Waals surface area contributed by atoms with Crippen LogP contribution >= 0.6 is 35.8 Å². The highest BCUT2D eigenvalue weighted by molar-refractivity contribution is 7.99. The minimum atomic E-state index is 0. The number of halogens is 2. The van der Waals surface area contributed by atoms with Crippen molar-refractivity contribution in [3.05, 3.63) is 59.1 Å². The average Bonchev–Trinajstić information content (AvgIpc) is 2.33. The van der Waals surface area contributed by atoms with Gasteiger partial charge in [-0.1, -0.05) is 41.6 Å². The first-order valence-corrected chi connectivity index (χ1v) is 6.20. The van der Waals surface area contributed by atoms with E-state index in [1.54, 1.807) is 11.8 Å².